The van der Waals surface area contributed by atoms with Crippen LogP contribution in [0.3, 0.4) is 0 Å². The molecule has 0 saturated heterocycles. The predicted octanol–water partition coefficient (Wildman–Crippen LogP) is 3.31. The molecule has 0 fully saturated rings. The molecule has 3 aromatic heterocycles. The number of carbonyl (C=O) groups excluding carboxylic acids is 1. The van der Waals surface area contributed by atoms with Crippen LogP contribution in [-0.2, 0) is 6.54 Å². The van der Waals surface area contributed by atoms with Crippen LogP contribution in [0, 0.1) is 0 Å². The Morgan fingerprint density at radius 2 is 2.29 bits per heavy atom. The van der Waals surface area contributed by atoms with E-state index in [1.165, 1.54) is 10.7 Å². The molecule has 0 saturated carbocycles. The number of halogens is 2. The van der Waals surface area contributed by atoms with Crippen LogP contribution in [0.5, 0.6) is 5.75 Å². The summed E-state index contributed by atoms with van der Waals surface area (Å²) in [6.45, 7) is 0.399. The van der Waals surface area contributed by atoms with E-state index in [1.807, 2.05) is 0 Å². The number of ether oxygens (including phenoxy) is 1. The molecule has 1 aliphatic rings. The average molecular weight is 501 g/mol. The molecular weight excluding hydrogens is 478 g/mol. The van der Waals surface area contributed by atoms with Gasteiger partial charge >= 0.3 is 6.61 Å². The smallest absolute Gasteiger partial charge is 0.387 e. The van der Waals surface area contributed by atoms with Crippen LogP contribution in [0.1, 0.15) is 17.3 Å². The van der Waals surface area contributed by atoms with Crippen molar-refractivity contribution in [2.75, 3.05) is 23.7 Å². The summed E-state index contributed by atoms with van der Waals surface area (Å²) in [7, 11) is 0. The number of anilines is 2. The van der Waals surface area contributed by atoms with Crippen molar-refractivity contribution in [1.29, 1.82) is 0 Å². The fourth-order valence-electron chi connectivity index (χ4n) is 3.82. The van der Waals surface area contributed by atoms with E-state index in [9.17, 15) is 13.6 Å². The highest BCUT2D eigenvalue weighted by Crippen LogP contribution is 2.44. The Morgan fingerprint density at radius 3 is 3.09 bits per heavy atom. The first kappa shape index (κ1) is 23.1. The van der Waals surface area contributed by atoms with E-state index in [2.05, 4.69) is 32.7 Å². The minimum absolute atomic E-state index is 0.0486. The monoisotopic (exact) mass is 500 g/mol. The molecular formula is C22H22F2N8O2S. The summed E-state index contributed by atoms with van der Waals surface area (Å²) in [5, 5.41) is 15.0. The fraction of sp³-hybridized carbons (Fsp3) is 0.273. The Kier molecular flexibility index (Phi) is 6.26. The summed E-state index contributed by atoms with van der Waals surface area (Å²) >= 11 is 1.62. The Hall–Kier alpha value is -3.71. The lowest BCUT2D eigenvalue weighted by atomic mass is 10.1. The number of thioether (sulfide) groups is 1. The minimum Gasteiger partial charge on any atom is -0.434 e. The second-order valence-corrected chi connectivity index (χ2v) is 9.36. The maximum Gasteiger partial charge on any atom is 0.387 e. The van der Waals surface area contributed by atoms with E-state index in [0.29, 0.717) is 42.2 Å². The molecule has 4 aromatic rings. The highest BCUT2D eigenvalue weighted by Gasteiger charge is 2.25. The van der Waals surface area contributed by atoms with Crippen molar-refractivity contribution in [1.82, 2.24) is 24.4 Å². The van der Waals surface area contributed by atoms with Crippen LogP contribution in [0.15, 0.2) is 47.9 Å². The number of alkyl halides is 2. The van der Waals surface area contributed by atoms with Gasteiger partial charge in [-0.3, -0.25) is 9.48 Å². The highest BCUT2D eigenvalue weighted by atomic mass is 32.2. The second-order valence-electron chi connectivity index (χ2n) is 7.88. The summed E-state index contributed by atoms with van der Waals surface area (Å²) in [5.41, 5.74) is 7.98. The van der Waals surface area contributed by atoms with Gasteiger partial charge in [-0.2, -0.15) is 19.0 Å². The molecule has 0 radical (unpaired) electrons. The molecule has 1 amide bonds. The van der Waals surface area contributed by atoms with Crippen molar-refractivity contribution in [3.63, 3.8) is 0 Å². The number of benzene rings is 1. The van der Waals surface area contributed by atoms with Gasteiger partial charge in [0.15, 0.2) is 5.65 Å². The molecule has 13 heteroatoms. The largest absolute Gasteiger partial charge is 0.434 e. The Balaban J connectivity index is 1.58. The number of nitrogens with two attached hydrogens (primary N) is 1. The molecule has 35 heavy (non-hydrogen) atoms. The number of hydrogen-bond acceptors (Lipinski definition) is 8. The maximum absolute atomic E-state index is 13.3. The normalized spacial score (nSPS) is 15.2. The minimum atomic E-state index is -3.03. The standard InChI is InChI=1S/C22H22F2N8O2S/c1-12-9-27-15-8-17(34-22(23)24)13(7-18(15)35-12)19-16(11-31(30-19)6-3-25)29-21(33)14-10-28-32-5-2-4-26-20(14)32/h2,4-5,7-8,10-12,22,27H,3,6,9,25H2,1H3,(H,29,33). The topological polar surface area (TPSA) is 124 Å². The number of hydrogen-bond donors (Lipinski definition) is 3. The third-order valence-electron chi connectivity index (χ3n) is 5.35. The lowest BCUT2D eigenvalue weighted by molar-refractivity contribution is -0.0494. The van der Waals surface area contributed by atoms with Crippen molar-refractivity contribution in [3.8, 4) is 17.0 Å². The van der Waals surface area contributed by atoms with Crippen LogP contribution in [0.2, 0.25) is 0 Å². The number of amides is 1. The first-order valence-corrected chi connectivity index (χ1v) is 11.7. The summed E-state index contributed by atoms with van der Waals surface area (Å²) in [6, 6.07) is 4.99. The van der Waals surface area contributed by atoms with Gasteiger partial charge in [-0.1, -0.05) is 6.92 Å². The first-order valence-electron chi connectivity index (χ1n) is 10.8. The zero-order valence-corrected chi connectivity index (χ0v) is 19.4. The third kappa shape index (κ3) is 4.64. The number of fused-ring (bicyclic) bond motifs is 2. The van der Waals surface area contributed by atoms with Gasteiger partial charge in [0.2, 0.25) is 0 Å². The fourth-order valence-corrected chi connectivity index (χ4v) is 4.87. The van der Waals surface area contributed by atoms with Crippen LogP contribution >= 0.6 is 11.8 Å². The molecule has 0 spiro atoms. The first-order chi connectivity index (χ1) is 16.9. The van der Waals surface area contributed by atoms with Gasteiger partial charge in [0.1, 0.15) is 17.0 Å². The average Bonchev–Trinajstić information content (AvgIpc) is 3.43. The van der Waals surface area contributed by atoms with Gasteiger partial charge in [0.05, 0.1) is 24.1 Å². The molecule has 1 aromatic carbocycles. The van der Waals surface area contributed by atoms with Crippen LogP contribution < -0.4 is 21.1 Å². The summed E-state index contributed by atoms with van der Waals surface area (Å²) < 4.78 is 34.5. The van der Waals surface area contributed by atoms with Gasteiger partial charge in [-0.05, 0) is 12.1 Å². The van der Waals surface area contributed by atoms with E-state index in [1.54, 1.807) is 53.2 Å². The van der Waals surface area contributed by atoms with Gasteiger partial charge in [-0.15, -0.1) is 11.8 Å². The number of nitrogens with one attached hydrogen (secondary N) is 2. The van der Waals surface area contributed by atoms with Crippen LogP contribution in [0.4, 0.5) is 20.2 Å². The molecule has 10 nitrogen and oxygen atoms in total. The molecule has 4 heterocycles. The zero-order chi connectivity index (χ0) is 24.5. The van der Waals surface area contributed by atoms with Gasteiger partial charge in [0, 0.05) is 53.5 Å². The highest BCUT2D eigenvalue weighted by molar-refractivity contribution is 8.00. The number of nitrogens with zero attached hydrogens (tertiary/aromatic N) is 5. The van der Waals surface area contributed by atoms with Crippen molar-refractivity contribution >= 4 is 34.7 Å². The molecule has 0 bridgehead atoms. The van der Waals surface area contributed by atoms with Crippen LogP contribution in [0.25, 0.3) is 16.9 Å². The van der Waals surface area contributed by atoms with Gasteiger partial charge in [-0.25, -0.2) is 9.50 Å². The quantitative estimate of drug-likeness (QED) is 0.353. The molecule has 1 unspecified atom stereocenters. The number of aromatic nitrogens is 5. The lowest BCUT2D eigenvalue weighted by Gasteiger charge is -2.24. The lowest BCUT2D eigenvalue weighted by Crippen LogP contribution is -2.18. The van der Waals surface area contributed by atoms with Crippen molar-refractivity contribution in [2.45, 2.75) is 30.2 Å². The van der Waals surface area contributed by atoms with E-state index < -0.39 is 12.5 Å². The summed E-state index contributed by atoms with van der Waals surface area (Å²) in [5.74, 6) is -0.515. The third-order valence-corrected chi connectivity index (χ3v) is 6.51. The Morgan fingerprint density at radius 1 is 1.43 bits per heavy atom. The van der Waals surface area contributed by atoms with Crippen LogP contribution in [-0.4, -0.2) is 55.2 Å². The van der Waals surface area contributed by atoms with E-state index in [4.69, 9.17) is 10.5 Å². The molecule has 182 valence electrons. The summed E-state index contributed by atoms with van der Waals surface area (Å²) in [4.78, 5) is 18.2. The number of carbonyl (C=O) groups is 1. The molecule has 4 N–H and O–H groups in total. The van der Waals surface area contributed by atoms with E-state index >= 15 is 0 Å². The molecule has 0 aliphatic carbocycles. The Bertz CT molecular complexity index is 1390. The Labute approximate surface area is 202 Å². The predicted molar refractivity (Wildman–Crippen MR) is 128 cm³/mol. The molecule has 1 atom stereocenters. The van der Waals surface area contributed by atoms with E-state index in [0.717, 1.165) is 4.90 Å². The van der Waals surface area contributed by atoms with Crippen molar-refractivity contribution < 1.29 is 18.3 Å². The molecule has 1 aliphatic heterocycles. The maximum atomic E-state index is 13.3. The van der Waals surface area contributed by atoms with Crippen molar-refractivity contribution in [2.24, 2.45) is 5.73 Å². The SMILES string of the molecule is CC1CNc2cc(OC(F)F)c(-c3nn(CCN)cc3NC(=O)c3cnn4cccnc34)cc2S1. The second kappa shape index (κ2) is 9.50. The van der Waals surface area contributed by atoms with Gasteiger partial charge < -0.3 is 21.1 Å². The van der Waals surface area contributed by atoms with E-state index in [-0.39, 0.29) is 22.3 Å². The number of rotatable bonds is 7. The molecule has 5 rings (SSSR count). The van der Waals surface area contributed by atoms with Gasteiger partial charge in [0.25, 0.3) is 5.91 Å². The van der Waals surface area contributed by atoms with Crippen molar-refractivity contribution in [3.05, 3.63) is 48.5 Å². The summed E-state index contributed by atoms with van der Waals surface area (Å²) in [6.07, 6.45) is 6.26. The zero-order valence-electron chi connectivity index (χ0n) is 18.6.